The second kappa shape index (κ2) is 4.00. The maximum Gasteiger partial charge on any atom is 0.250 e. The van der Waals surface area contributed by atoms with Crippen LogP contribution in [0, 0.1) is 0 Å². The summed E-state index contributed by atoms with van der Waals surface area (Å²) in [7, 11) is -3.39. The van der Waals surface area contributed by atoms with Gasteiger partial charge in [-0.1, -0.05) is 0 Å². The predicted molar refractivity (Wildman–Crippen MR) is 65.0 cm³/mol. The van der Waals surface area contributed by atoms with Gasteiger partial charge in [0.15, 0.2) is 0 Å². The Balaban J connectivity index is 2.21. The molecule has 3 nitrogen and oxygen atoms in total. The summed E-state index contributed by atoms with van der Waals surface area (Å²) in [6, 6.07) is 3.31. The quantitative estimate of drug-likeness (QED) is 0.863. The molecule has 0 saturated heterocycles. The summed E-state index contributed by atoms with van der Waals surface area (Å²) in [5.74, 6) is 0.332. The van der Waals surface area contributed by atoms with E-state index in [2.05, 4.69) is 20.7 Å². The molecule has 15 heavy (non-hydrogen) atoms. The van der Waals surface area contributed by atoms with E-state index in [-0.39, 0.29) is 0 Å². The second-order valence-electron chi connectivity index (χ2n) is 3.58. The van der Waals surface area contributed by atoms with Crippen molar-refractivity contribution in [2.24, 2.45) is 0 Å². The molecule has 0 spiro atoms. The van der Waals surface area contributed by atoms with Crippen LogP contribution in [0.5, 0.6) is 0 Å². The average Bonchev–Trinajstić information content (AvgIpc) is 2.78. The van der Waals surface area contributed by atoms with E-state index in [0.29, 0.717) is 10.1 Å². The Morgan fingerprint density at radius 1 is 1.53 bits per heavy atom. The summed E-state index contributed by atoms with van der Waals surface area (Å²) in [5, 5.41) is 0. The molecule has 0 unspecified atom stereocenters. The number of halogens is 2. The second-order valence-corrected chi connectivity index (χ2v) is 8.22. The number of hydrogen-bond donors (Lipinski definition) is 1. The third-order valence-corrected chi connectivity index (χ3v) is 6.48. The lowest BCUT2D eigenvalue weighted by molar-refractivity contribution is 0.561. The van der Waals surface area contributed by atoms with Crippen molar-refractivity contribution in [1.82, 2.24) is 4.72 Å². The lowest BCUT2D eigenvalue weighted by Gasteiger charge is -2.12. The van der Waals surface area contributed by atoms with Gasteiger partial charge >= 0.3 is 0 Å². The molecule has 0 aliphatic heterocycles. The van der Waals surface area contributed by atoms with Gasteiger partial charge in [0.05, 0.1) is 3.79 Å². The first-order valence-corrected chi connectivity index (χ1v) is 7.95. The van der Waals surface area contributed by atoms with Gasteiger partial charge in [0.25, 0.3) is 10.0 Å². The monoisotopic (exact) mass is 329 g/mol. The summed E-state index contributed by atoms with van der Waals surface area (Å²) in [6.45, 7) is 0. The van der Waals surface area contributed by atoms with Crippen LogP contribution >= 0.6 is 38.9 Å². The number of nitrogens with one attached hydrogen (secondary N) is 1. The topological polar surface area (TPSA) is 46.2 Å². The standard InChI is InChI=1S/C8H9BrClNO2S2/c9-6-1-2-7(14-6)15(12,13)11-8(5-10)3-4-8/h1-2,11H,3-5H2. The van der Waals surface area contributed by atoms with Gasteiger partial charge in [0.2, 0.25) is 0 Å². The molecule has 1 aromatic heterocycles. The van der Waals surface area contributed by atoms with E-state index in [0.717, 1.165) is 16.6 Å². The van der Waals surface area contributed by atoms with Crippen molar-refractivity contribution in [3.8, 4) is 0 Å². The van der Waals surface area contributed by atoms with Gasteiger partial charge in [0, 0.05) is 11.4 Å². The Morgan fingerprint density at radius 2 is 2.20 bits per heavy atom. The molecular weight excluding hydrogens is 322 g/mol. The van der Waals surface area contributed by atoms with Crippen molar-refractivity contribution >= 4 is 48.9 Å². The van der Waals surface area contributed by atoms with Gasteiger partial charge in [-0.05, 0) is 40.9 Å². The molecule has 0 aromatic carbocycles. The molecule has 0 atom stereocenters. The summed E-state index contributed by atoms with van der Waals surface area (Å²) in [4.78, 5) is 0. The minimum Gasteiger partial charge on any atom is -0.206 e. The number of rotatable bonds is 4. The molecule has 1 fully saturated rings. The molecule has 1 aliphatic rings. The van der Waals surface area contributed by atoms with Crippen molar-refractivity contribution in [3.05, 3.63) is 15.9 Å². The Kier molecular flexibility index (Phi) is 3.16. The lowest BCUT2D eigenvalue weighted by atomic mass is 10.4. The molecule has 1 heterocycles. The Hall–Kier alpha value is 0.380. The minimum atomic E-state index is -3.39. The van der Waals surface area contributed by atoms with Crippen molar-refractivity contribution < 1.29 is 8.42 Å². The number of thiophene rings is 1. The van der Waals surface area contributed by atoms with Crippen LogP contribution in [-0.2, 0) is 10.0 Å². The van der Waals surface area contributed by atoms with Gasteiger partial charge < -0.3 is 0 Å². The van der Waals surface area contributed by atoms with Crippen LogP contribution in [0.4, 0.5) is 0 Å². The third kappa shape index (κ3) is 2.55. The Bertz CT molecular complexity index is 467. The molecule has 0 amide bonds. The zero-order valence-corrected chi connectivity index (χ0v) is 11.6. The van der Waals surface area contributed by atoms with E-state index in [9.17, 15) is 8.42 Å². The maximum atomic E-state index is 11.9. The van der Waals surface area contributed by atoms with Gasteiger partial charge in [-0.2, -0.15) is 0 Å². The minimum absolute atomic E-state index is 0.325. The average molecular weight is 331 g/mol. The summed E-state index contributed by atoms with van der Waals surface area (Å²) < 4.78 is 27.5. The number of sulfonamides is 1. The highest BCUT2D eigenvalue weighted by Gasteiger charge is 2.45. The van der Waals surface area contributed by atoms with E-state index in [4.69, 9.17) is 11.6 Å². The first-order valence-electron chi connectivity index (χ1n) is 4.33. The van der Waals surface area contributed by atoms with E-state index in [1.807, 2.05) is 0 Å². The molecule has 2 rings (SSSR count). The van der Waals surface area contributed by atoms with E-state index >= 15 is 0 Å². The SMILES string of the molecule is O=S(=O)(NC1(CCl)CC1)c1ccc(Br)s1. The molecule has 1 saturated carbocycles. The first kappa shape index (κ1) is 11.9. The Labute approximate surface area is 106 Å². The van der Waals surface area contributed by atoms with Crippen LogP contribution in [-0.4, -0.2) is 19.8 Å². The van der Waals surface area contributed by atoms with Gasteiger partial charge in [0.1, 0.15) is 4.21 Å². The van der Waals surface area contributed by atoms with Crippen LogP contribution in [0.1, 0.15) is 12.8 Å². The maximum absolute atomic E-state index is 11.9. The molecule has 84 valence electrons. The molecule has 0 bridgehead atoms. The molecule has 1 aliphatic carbocycles. The molecular formula is C8H9BrClNO2S2. The fourth-order valence-corrected chi connectivity index (χ4v) is 5.07. The van der Waals surface area contributed by atoms with E-state index < -0.39 is 15.6 Å². The molecule has 1 aromatic rings. The zero-order chi connectivity index (χ0) is 11.1. The predicted octanol–water partition coefficient (Wildman–Crippen LogP) is 2.56. The van der Waals surface area contributed by atoms with Gasteiger partial charge in [-0.15, -0.1) is 22.9 Å². The van der Waals surface area contributed by atoms with Crippen molar-refractivity contribution in [2.45, 2.75) is 22.6 Å². The zero-order valence-electron chi connectivity index (χ0n) is 7.66. The van der Waals surface area contributed by atoms with Crippen molar-refractivity contribution in [3.63, 3.8) is 0 Å². The van der Waals surface area contributed by atoms with E-state index in [1.165, 1.54) is 11.3 Å². The fourth-order valence-electron chi connectivity index (χ4n) is 1.19. The lowest BCUT2D eigenvalue weighted by Crippen LogP contribution is -2.37. The van der Waals surface area contributed by atoms with Crippen LogP contribution in [0.2, 0.25) is 0 Å². The summed E-state index contributed by atoms with van der Waals surface area (Å²) >= 11 is 10.2. The largest absolute Gasteiger partial charge is 0.250 e. The van der Waals surface area contributed by atoms with Crippen LogP contribution in [0.3, 0.4) is 0 Å². The highest BCUT2D eigenvalue weighted by atomic mass is 79.9. The van der Waals surface area contributed by atoms with Crippen LogP contribution in [0.15, 0.2) is 20.1 Å². The summed E-state index contributed by atoms with van der Waals surface area (Å²) in [5.41, 5.74) is -0.392. The smallest absolute Gasteiger partial charge is 0.206 e. The number of alkyl halides is 1. The highest BCUT2D eigenvalue weighted by molar-refractivity contribution is 9.11. The van der Waals surface area contributed by atoms with Gasteiger partial charge in [-0.3, -0.25) is 0 Å². The normalized spacial score (nSPS) is 19.1. The fraction of sp³-hybridized carbons (Fsp3) is 0.500. The summed E-state index contributed by atoms with van der Waals surface area (Å²) in [6.07, 6.45) is 1.64. The van der Waals surface area contributed by atoms with Crippen LogP contribution in [0.25, 0.3) is 0 Å². The third-order valence-electron chi connectivity index (χ3n) is 2.27. The molecule has 7 heteroatoms. The van der Waals surface area contributed by atoms with E-state index in [1.54, 1.807) is 12.1 Å². The first-order chi connectivity index (χ1) is 6.97. The van der Waals surface area contributed by atoms with Gasteiger partial charge in [-0.25, -0.2) is 13.1 Å². The van der Waals surface area contributed by atoms with Crippen LogP contribution < -0.4 is 4.72 Å². The Morgan fingerprint density at radius 3 is 2.60 bits per heavy atom. The highest BCUT2D eigenvalue weighted by Crippen LogP contribution is 2.38. The van der Waals surface area contributed by atoms with Crippen molar-refractivity contribution in [2.75, 3.05) is 5.88 Å². The molecule has 0 radical (unpaired) electrons. The molecule has 1 N–H and O–H groups in total. The van der Waals surface area contributed by atoms with Crippen molar-refractivity contribution in [1.29, 1.82) is 0 Å². The number of hydrogen-bond acceptors (Lipinski definition) is 3.